The predicted molar refractivity (Wildman–Crippen MR) is 102 cm³/mol. The van der Waals surface area contributed by atoms with E-state index < -0.39 is 0 Å². The van der Waals surface area contributed by atoms with Crippen LogP contribution in [-0.2, 0) is 6.54 Å². The van der Waals surface area contributed by atoms with Crippen LogP contribution in [0.4, 0.5) is 10.5 Å². The summed E-state index contributed by atoms with van der Waals surface area (Å²) in [5.41, 5.74) is 0.611. The van der Waals surface area contributed by atoms with Crippen LogP contribution in [-0.4, -0.2) is 31.7 Å². The number of halogens is 2. The summed E-state index contributed by atoms with van der Waals surface area (Å²) in [4.78, 5) is 15.3. The van der Waals surface area contributed by atoms with Gasteiger partial charge in [0.05, 0.1) is 30.8 Å². The highest BCUT2D eigenvalue weighted by Gasteiger charge is 2.16. The first kappa shape index (κ1) is 18.9. The molecule has 0 aliphatic carbocycles. The molecule has 1 aromatic heterocycles. The summed E-state index contributed by atoms with van der Waals surface area (Å²) in [5.74, 6) is 1.13. The van der Waals surface area contributed by atoms with E-state index in [0.29, 0.717) is 39.1 Å². The molecule has 0 bridgehead atoms. The highest BCUT2D eigenvalue weighted by atomic mass is 79.9. The normalized spacial score (nSPS) is 10.4. The van der Waals surface area contributed by atoms with Crippen molar-refractivity contribution >= 4 is 50.6 Å². The molecule has 0 fully saturated rings. The third-order valence-electron chi connectivity index (χ3n) is 3.36. The Balaban J connectivity index is 2.15. The second-order valence-electron chi connectivity index (χ2n) is 4.84. The maximum absolute atomic E-state index is 12.6. The topological polar surface area (TPSA) is 50.8 Å². The number of ether oxygens (including phenoxy) is 2. The van der Waals surface area contributed by atoms with Crippen LogP contribution >= 0.6 is 38.9 Å². The number of anilines is 1. The molecule has 2 rings (SSSR count). The third kappa shape index (κ3) is 4.55. The van der Waals surface area contributed by atoms with Gasteiger partial charge in [-0.15, -0.1) is 11.3 Å². The molecular weight excluding hydrogens is 416 g/mol. The van der Waals surface area contributed by atoms with Crippen LogP contribution in [0.3, 0.4) is 0 Å². The van der Waals surface area contributed by atoms with Gasteiger partial charge in [0.1, 0.15) is 0 Å². The maximum atomic E-state index is 12.6. The van der Waals surface area contributed by atoms with Crippen LogP contribution in [0.2, 0.25) is 4.34 Å². The van der Waals surface area contributed by atoms with Crippen molar-refractivity contribution < 1.29 is 14.3 Å². The molecular formula is C16H18BrClN2O3S. The number of urea groups is 1. The molecule has 0 aliphatic rings. The lowest BCUT2D eigenvalue weighted by molar-refractivity contribution is 0.212. The summed E-state index contributed by atoms with van der Waals surface area (Å²) < 4.78 is 11.9. The Morgan fingerprint density at radius 1 is 1.29 bits per heavy atom. The Hall–Kier alpha value is -1.44. The van der Waals surface area contributed by atoms with Gasteiger partial charge < -0.3 is 19.7 Å². The molecule has 0 aliphatic heterocycles. The fourth-order valence-corrected chi connectivity index (χ4v) is 3.62. The summed E-state index contributed by atoms with van der Waals surface area (Å²) in [5, 5.41) is 2.89. The lowest BCUT2D eigenvalue weighted by Crippen LogP contribution is -2.34. The van der Waals surface area contributed by atoms with Crippen molar-refractivity contribution in [3.05, 3.63) is 38.0 Å². The van der Waals surface area contributed by atoms with Crippen LogP contribution in [0.1, 0.15) is 11.8 Å². The van der Waals surface area contributed by atoms with Gasteiger partial charge in [0.2, 0.25) is 0 Å². The zero-order valence-corrected chi connectivity index (χ0v) is 16.7. The molecule has 130 valence electrons. The summed E-state index contributed by atoms with van der Waals surface area (Å²) >= 11 is 10.9. The lowest BCUT2D eigenvalue weighted by atomic mass is 10.2. The number of nitrogens with one attached hydrogen (secondary N) is 1. The number of amides is 2. The molecule has 0 saturated heterocycles. The van der Waals surface area contributed by atoms with Crippen molar-refractivity contribution in [1.82, 2.24) is 4.90 Å². The molecule has 24 heavy (non-hydrogen) atoms. The van der Waals surface area contributed by atoms with Crippen LogP contribution in [0.25, 0.3) is 0 Å². The number of hydrogen-bond donors (Lipinski definition) is 1. The van der Waals surface area contributed by atoms with Gasteiger partial charge in [0.15, 0.2) is 11.5 Å². The number of hydrogen-bond acceptors (Lipinski definition) is 4. The molecule has 2 amide bonds. The number of benzene rings is 1. The van der Waals surface area contributed by atoms with E-state index in [1.165, 1.54) is 11.3 Å². The van der Waals surface area contributed by atoms with E-state index in [1.54, 1.807) is 31.3 Å². The smallest absolute Gasteiger partial charge is 0.322 e. The van der Waals surface area contributed by atoms with E-state index in [1.807, 2.05) is 19.1 Å². The number of nitrogens with zero attached hydrogens (tertiary/aromatic N) is 1. The van der Waals surface area contributed by atoms with Gasteiger partial charge in [-0.1, -0.05) is 11.6 Å². The molecule has 0 atom stereocenters. The Kier molecular flexibility index (Phi) is 6.77. The average molecular weight is 434 g/mol. The van der Waals surface area contributed by atoms with Gasteiger partial charge in [0, 0.05) is 28.0 Å². The van der Waals surface area contributed by atoms with Crippen LogP contribution in [0.5, 0.6) is 11.5 Å². The third-order valence-corrected chi connectivity index (χ3v) is 5.23. The second-order valence-corrected chi connectivity index (χ2v) is 7.49. The first-order chi connectivity index (χ1) is 11.5. The Morgan fingerprint density at radius 3 is 2.50 bits per heavy atom. The minimum Gasteiger partial charge on any atom is -0.493 e. The molecule has 8 heteroatoms. The summed E-state index contributed by atoms with van der Waals surface area (Å²) in [6.07, 6.45) is 0. The second kappa shape index (κ2) is 8.60. The van der Waals surface area contributed by atoms with Gasteiger partial charge in [0.25, 0.3) is 0 Å². The van der Waals surface area contributed by atoms with Gasteiger partial charge in [-0.3, -0.25) is 0 Å². The Labute approximate surface area is 158 Å². The van der Waals surface area contributed by atoms with E-state index in [9.17, 15) is 4.79 Å². The fraction of sp³-hybridized carbons (Fsp3) is 0.312. The molecule has 1 N–H and O–H groups in total. The van der Waals surface area contributed by atoms with Crippen molar-refractivity contribution in [2.24, 2.45) is 0 Å². The van der Waals surface area contributed by atoms with E-state index in [0.717, 1.165) is 4.88 Å². The monoisotopic (exact) mass is 432 g/mol. The zero-order valence-electron chi connectivity index (χ0n) is 13.6. The van der Waals surface area contributed by atoms with Crippen molar-refractivity contribution in [2.75, 3.05) is 26.1 Å². The number of methoxy groups -OCH3 is 2. The highest BCUT2D eigenvalue weighted by Crippen LogP contribution is 2.36. The molecule has 1 heterocycles. The molecule has 0 saturated carbocycles. The van der Waals surface area contributed by atoms with E-state index in [4.69, 9.17) is 21.1 Å². The number of thiophene rings is 1. The minimum atomic E-state index is -0.199. The largest absolute Gasteiger partial charge is 0.493 e. The van der Waals surface area contributed by atoms with Gasteiger partial charge >= 0.3 is 6.03 Å². The van der Waals surface area contributed by atoms with Crippen molar-refractivity contribution in [2.45, 2.75) is 13.5 Å². The van der Waals surface area contributed by atoms with E-state index >= 15 is 0 Å². The summed E-state index contributed by atoms with van der Waals surface area (Å²) in [6.45, 7) is 3.01. The quantitative estimate of drug-likeness (QED) is 0.678. The van der Waals surface area contributed by atoms with Crippen LogP contribution < -0.4 is 14.8 Å². The summed E-state index contributed by atoms with van der Waals surface area (Å²) in [6, 6.07) is 7.03. The van der Waals surface area contributed by atoms with E-state index in [-0.39, 0.29) is 6.03 Å². The fourth-order valence-electron chi connectivity index (χ4n) is 2.10. The Morgan fingerprint density at radius 2 is 1.96 bits per heavy atom. The number of rotatable bonds is 6. The van der Waals surface area contributed by atoms with Crippen molar-refractivity contribution in [3.8, 4) is 11.5 Å². The molecule has 2 aromatic rings. The minimum absolute atomic E-state index is 0.199. The van der Waals surface area contributed by atoms with Gasteiger partial charge in [-0.25, -0.2) is 4.79 Å². The van der Waals surface area contributed by atoms with E-state index in [2.05, 4.69) is 21.2 Å². The Bertz CT molecular complexity index is 723. The molecule has 5 nitrogen and oxygen atoms in total. The highest BCUT2D eigenvalue weighted by molar-refractivity contribution is 9.10. The SMILES string of the molecule is CCN(Cc1ccc(Cl)s1)C(=O)Nc1cc(OC)c(OC)cc1Br. The summed E-state index contributed by atoms with van der Waals surface area (Å²) in [7, 11) is 3.11. The first-order valence-electron chi connectivity index (χ1n) is 7.20. The van der Waals surface area contributed by atoms with Gasteiger partial charge in [-0.2, -0.15) is 0 Å². The number of carbonyl (C=O) groups excluding carboxylic acids is 1. The molecule has 0 radical (unpaired) electrons. The van der Waals surface area contributed by atoms with Crippen LogP contribution in [0, 0.1) is 0 Å². The average Bonchev–Trinajstić information content (AvgIpc) is 2.98. The predicted octanol–water partition coefficient (Wildman–Crippen LogP) is 5.24. The molecule has 0 spiro atoms. The standard InChI is InChI=1S/C16H18BrClN2O3S/c1-4-20(9-10-5-6-15(18)24-10)16(21)19-12-8-14(23-3)13(22-2)7-11(12)17/h5-8H,4,9H2,1-3H3,(H,19,21). The van der Waals surface area contributed by atoms with Gasteiger partial charge in [-0.05, 0) is 35.0 Å². The van der Waals surface area contributed by atoms with Crippen molar-refractivity contribution in [3.63, 3.8) is 0 Å². The maximum Gasteiger partial charge on any atom is 0.322 e. The molecule has 0 unspecified atom stereocenters. The lowest BCUT2D eigenvalue weighted by Gasteiger charge is -2.21. The number of carbonyl (C=O) groups is 1. The molecule has 1 aromatic carbocycles. The first-order valence-corrected chi connectivity index (χ1v) is 9.18. The zero-order chi connectivity index (χ0) is 17.7. The van der Waals surface area contributed by atoms with Crippen molar-refractivity contribution in [1.29, 1.82) is 0 Å². The van der Waals surface area contributed by atoms with Crippen LogP contribution in [0.15, 0.2) is 28.7 Å².